The number of anilines is 1. The van der Waals surface area contributed by atoms with Gasteiger partial charge in [0, 0.05) is 44.0 Å². The largest absolute Gasteiger partial charge is 0.341 e. The molecule has 1 aromatic carbocycles. The molecule has 1 aliphatic carbocycles. The number of nitrogens with zero attached hydrogens (tertiary/aromatic N) is 4. The van der Waals surface area contributed by atoms with Crippen LogP contribution in [0.4, 0.5) is 5.95 Å². The molecule has 26 heavy (non-hydrogen) atoms. The van der Waals surface area contributed by atoms with Gasteiger partial charge in [-0.1, -0.05) is 29.8 Å². The van der Waals surface area contributed by atoms with E-state index in [1.807, 2.05) is 6.07 Å². The molecule has 2 heterocycles. The quantitative estimate of drug-likeness (QED) is 0.831. The predicted octanol–water partition coefficient (Wildman–Crippen LogP) is 3.19. The van der Waals surface area contributed by atoms with Crippen molar-refractivity contribution in [3.63, 3.8) is 0 Å². The Kier molecular flexibility index (Phi) is 4.87. The first-order valence-electron chi connectivity index (χ1n) is 9.59. The van der Waals surface area contributed by atoms with Crippen LogP contribution in [-0.4, -0.2) is 39.9 Å². The first kappa shape index (κ1) is 17.0. The van der Waals surface area contributed by atoms with Crippen molar-refractivity contribution < 1.29 is 4.79 Å². The maximum atomic E-state index is 13.2. The molecule has 4 rings (SSSR count). The van der Waals surface area contributed by atoms with Gasteiger partial charge in [0.1, 0.15) is 0 Å². The maximum absolute atomic E-state index is 13.2. The fourth-order valence-corrected chi connectivity index (χ4v) is 3.80. The Labute approximate surface area is 155 Å². The van der Waals surface area contributed by atoms with Crippen LogP contribution in [0.15, 0.2) is 42.7 Å². The lowest BCUT2D eigenvalue weighted by molar-refractivity contribution is -0.137. The summed E-state index contributed by atoms with van der Waals surface area (Å²) < 4.78 is 0. The number of hydrogen-bond donors (Lipinski definition) is 0. The Morgan fingerprint density at radius 2 is 1.85 bits per heavy atom. The first-order chi connectivity index (χ1) is 12.7. The molecule has 5 heteroatoms. The third-order valence-electron chi connectivity index (χ3n) is 5.39. The minimum absolute atomic E-state index is 0.125. The van der Waals surface area contributed by atoms with Gasteiger partial charge in [-0.3, -0.25) is 4.79 Å². The molecule has 1 saturated carbocycles. The molecule has 0 atom stereocenters. The molecule has 0 bridgehead atoms. The van der Waals surface area contributed by atoms with E-state index in [0.29, 0.717) is 11.9 Å². The molecular formula is C21H26N4O. The molecule has 136 valence electrons. The number of amides is 1. The molecule has 1 aliphatic heterocycles. The second-order valence-corrected chi connectivity index (χ2v) is 7.50. The number of carbonyl (C=O) groups excluding carboxylic acids is 1. The molecule has 1 amide bonds. The summed E-state index contributed by atoms with van der Waals surface area (Å²) in [5.41, 5.74) is 2.49. The van der Waals surface area contributed by atoms with Gasteiger partial charge in [0.2, 0.25) is 11.9 Å². The third kappa shape index (κ3) is 3.87. The second-order valence-electron chi connectivity index (χ2n) is 7.50. The van der Waals surface area contributed by atoms with Crippen molar-refractivity contribution in [3.05, 3.63) is 53.9 Å². The van der Waals surface area contributed by atoms with Gasteiger partial charge in [0.15, 0.2) is 0 Å². The Bertz CT molecular complexity index is 752. The SMILES string of the molecule is Cc1cccc(CN(C(=O)C2CCN(c3ncccn3)CC2)C2CC2)c1. The number of rotatable bonds is 5. The number of piperidine rings is 1. The van der Waals surface area contributed by atoms with Crippen LogP contribution >= 0.6 is 0 Å². The summed E-state index contributed by atoms with van der Waals surface area (Å²) in [6.07, 6.45) is 7.61. The van der Waals surface area contributed by atoms with Crippen molar-refractivity contribution in [1.29, 1.82) is 0 Å². The number of hydrogen-bond acceptors (Lipinski definition) is 4. The normalized spacial score (nSPS) is 18.0. The zero-order valence-electron chi connectivity index (χ0n) is 15.3. The summed E-state index contributed by atoms with van der Waals surface area (Å²) in [6, 6.07) is 10.8. The molecule has 0 radical (unpaired) electrons. The monoisotopic (exact) mass is 350 g/mol. The number of carbonyl (C=O) groups is 1. The highest BCUT2D eigenvalue weighted by atomic mass is 16.2. The van der Waals surface area contributed by atoms with Crippen LogP contribution in [0.1, 0.15) is 36.8 Å². The van der Waals surface area contributed by atoms with E-state index in [-0.39, 0.29) is 5.92 Å². The highest BCUT2D eigenvalue weighted by molar-refractivity contribution is 5.79. The van der Waals surface area contributed by atoms with Crippen molar-refractivity contribution in [2.75, 3.05) is 18.0 Å². The van der Waals surface area contributed by atoms with Crippen LogP contribution in [-0.2, 0) is 11.3 Å². The molecule has 0 unspecified atom stereocenters. The van der Waals surface area contributed by atoms with Crippen LogP contribution in [0.3, 0.4) is 0 Å². The van der Waals surface area contributed by atoms with Crippen LogP contribution < -0.4 is 4.90 Å². The Morgan fingerprint density at radius 1 is 1.12 bits per heavy atom. The van der Waals surface area contributed by atoms with Crippen LogP contribution in [0.2, 0.25) is 0 Å². The minimum atomic E-state index is 0.125. The van der Waals surface area contributed by atoms with E-state index < -0.39 is 0 Å². The van der Waals surface area contributed by atoms with Crippen molar-refractivity contribution in [2.24, 2.45) is 5.92 Å². The fourth-order valence-electron chi connectivity index (χ4n) is 3.80. The average molecular weight is 350 g/mol. The molecule has 1 aromatic heterocycles. The Morgan fingerprint density at radius 3 is 2.50 bits per heavy atom. The van der Waals surface area contributed by atoms with Gasteiger partial charge >= 0.3 is 0 Å². The molecule has 0 N–H and O–H groups in total. The summed E-state index contributed by atoms with van der Waals surface area (Å²) >= 11 is 0. The standard InChI is InChI=1S/C21H26N4O/c1-16-4-2-5-17(14-16)15-25(19-6-7-19)20(26)18-8-12-24(13-9-18)21-22-10-3-11-23-21/h2-5,10-11,14,18-19H,6-9,12-13,15H2,1H3. The van der Waals surface area contributed by atoms with Crippen LogP contribution in [0.5, 0.6) is 0 Å². The van der Waals surface area contributed by atoms with Gasteiger partial charge in [0.25, 0.3) is 0 Å². The van der Waals surface area contributed by atoms with Crippen LogP contribution in [0.25, 0.3) is 0 Å². The van der Waals surface area contributed by atoms with E-state index in [1.165, 1.54) is 11.1 Å². The molecule has 2 fully saturated rings. The smallest absolute Gasteiger partial charge is 0.226 e. The van der Waals surface area contributed by atoms with E-state index in [1.54, 1.807) is 12.4 Å². The summed E-state index contributed by atoms with van der Waals surface area (Å²) in [6.45, 7) is 4.55. The highest BCUT2D eigenvalue weighted by Crippen LogP contribution is 2.32. The molecule has 1 saturated heterocycles. The lowest BCUT2D eigenvalue weighted by Crippen LogP contribution is -2.43. The van der Waals surface area contributed by atoms with E-state index in [9.17, 15) is 4.79 Å². The molecular weight excluding hydrogens is 324 g/mol. The minimum Gasteiger partial charge on any atom is -0.341 e. The molecule has 0 spiro atoms. The van der Waals surface area contributed by atoms with E-state index in [0.717, 1.165) is 51.3 Å². The molecule has 2 aliphatic rings. The lowest BCUT2D eigenvalue weighted by atomic mass is 9.95. The van der Waals surface area contributed by atoms with E-state index in [4.69, 9.17) is 0 Å². The fraction of sp³-hybridized carbons (Fsp3) is 0.476. The van der Waals surface area contributed by atoms with Gasteiger partial charge in [-0.25, -0.2) is 9.97 Å². The van der Waals surface area contributed by atoms with Gasteiger partial charge < -0.3 is 9.80 Å². The topological polar surface area (TPSA) is 49.3 Å². The summed E-state index contributed by atoms with van der Waals surface area (Å²) in [5, 5.41) is 0. The van der Waals surface area contributed by atoms with Gasteiger partial charge in [-0.15, -0.1) is 0 Å². The summed E-state index contributed by atoms with van der Waals surface area (Å²) in [5.74, 6) is 1.24. The van der Waals surface area contributed by atoms with E-state index >= 15 is 0 Å². The molecule has 5 nitrogen and oxygen atoms in total. The number of aromatic nitrogens is 2. The molecule has 2 aromatic rings. The average Bonchev–Trinajstić information content (AvgIpc) is 3.52. The summed E-state index contributed by atoms with van der Waals surface area (Å²) in [7, 11) is 0. The maximum Gasteiger partial charge on any atom is 0.226 e. The van der Waals surface area contributed by atoms with Crippen LogP contribution in [0, 0.1) is 12.8 Å². The van der Waals surface area contributed by atoms with Crippen molar-refractivity contribution in [1.82, 2.24) is 14.9 Å². The lowest BCUT2D eigenvalue weighted by Gasteiger charge is -2.34. The second kappa shape index (κ2) is 7.44. The van der Waals surface area contributed by atoms with E-state index in [2.05, 4.69) is 51.0 Å². The third-order valence-corrected chi connectivity index (χ3v) is 5.39. The first-order valence-corrected chi connectivity index (χ1v) is 9.59. The Hall–Kier alpha value is -2.43. The highest BCUT2D eigenvalue weighted by Gasteiger charge is 2.37. The van der Waals surface area contributed by atoms with Crippen molar-refractivity contribution >= 4 is 11.9 Å². The predicted molar refractivity (Wildman–Crippen MR) is 102 cm³/mol. The van der Waals surface area contributed by atoms with Crippen molar-refractivity contribution in [3.8, 4) is 0 Å². The van der Waals surface area contributed by atoms with Gasteiger partial charge in [-0.05, 0) is 44.2 Å². The number of benzene rings is 1. The van der Waals surface area contributed by atoms with Crippen molar-refractivity contribution in [2.45, 2.75) is 45.2 Å². The zero-order valence-corrected chi connectivity index (χ0v) is 15.3. The van der Waals surface area contributed by atoms with Gasteiger partial charge in [-0.2, -0.15) is 0 Å². The zero-order chi connectivity index (χ0) is 17.9. The Balaban J connectivity index is 1.39. The summed E-state index contributed by atoms with van der Waals surface area (Å²) in [4.78, 5) is 26.2. The number of aryl methyl sites for hydroxylation is 1. The van der Waals surface area contributed by atoms with Gasteiger partial charge in [0.05, 0.1) is 0 Å².